The highest BCUT2D eigenvalue weighted by atomic mass is 32.2. The molecule has 3 amide bonds. The molecule has 80 heavy (non-hydrogen) atoms. The summed E-state index contributed by atoms with van der Waals surface area (Å²) in [7, 11) is -7.48. The van der Waals surface area contributed by atoms with Crippen LogP contribution >= 0.6 is 0 Å². The van der Waals surface area contributed by atoms with Gasteiger partial charge in [-0.1, -0.05) is 90.1 Å². The van der Waals surface area contributed by atoms with Crippen LogP contribution in [0.5, 0.6) is 0 Å². The topological polar surface area (TPSA) is 232 Å². The molecule has 0 saturated heterocycles. The first-order valence-electron chi connectivity index (χ1n) is 27.3. The molecule has 2 fully saturated rings. The summed E-state index contributed by atoms with van der Waals surface area (Å²) in [6, 6.07) is 18.6. The van der Waals surface area contributed by atoms with Crippen molar-refractivity contribution >= 4 is 36.9 Å². The minimum atomic E-state index is -3.99. The number of carbonyl (C=O) groups excluding carboxylic acids is 3. The third-order valence-electron chi connectivity index (χ3n) is 15.5. The molecule has 2 aliphatic rings. The van der Waals surface area contributed by atoms with Crippen LogP contribution in [0.2, 0.25) is 0 Å². The van der Waals surface area contributed by atoms with E-state index in [4.69, 9.17) is 0 Å². The summed E-state index contributed by atoms with van der Waals surface area (Å²) in [5.41, 5.74) is 2.13. The van der Waals surface area contributed by atoms with Crippen molar-refractivity contribution in [2.75, 3.05) is 25.6 Å². The zero-order valence-corrected chi connectivity index (χ0v) is 48.7. The number of rotatable bonds is 22. The average Bonchev–Trinajstić information content (AvgIpc) is 3.41. The minimum absolute atomic E-state index is 0.120. The first-order chi connectivity index (χ1) is 37.2. The smallest absolute Gasteiger partial charge is 0.336 e. The van der Waals surface area contributed by atoms with Crippen LogP contribution in [-0.4, -0.2) is 106 Å². The van der Waals surface area contributed by atoms with Crippen molar-refractivity contribution in [3.63, 3.8) is 0 Å². The molecule has 4 aromatic rings. The molecule has 0 heterocycles. The van der Waals surface area contributed by atoms with Crippen LogP contribution in [0.1, 0.15) is 139 Å². The molecule has 0 radical (unpaired) electrons. The molecule has 15 nitrogen and oxygen atoms in total. The zero-order valence-electron chi connectivity index (χ0n) is 47.0. The van der Waals surface area contributed by atoms with E-state index < -0.39 is 114 Å². The quantitative estimate of drug-likeness (QED) is 0.0365. The molecule has 2 saturated carbocycles. The molecule has 0 bridgehead atoms. The molecule has 4 atom stereocenters. The maximum atomic E-state index is 14.6. The molecular formula is C59H80F4N6O9S2. The van der Waals surface area contributed by atoms with Crippen molar-refractivity contribution in [3.05, 3.63) is 142 Å². The molecule has 2 aliphatic carbocycles. The largest absolute Gasteiger partial charge is 0.390 e. The predicted molar refractivity (Wildman–Crippen MR) is 301 cm³/mol. The van der Waals surface area contributed by atoms with Crippen LogP contribution in [0.4, 0.5) is 22.4 Å². The van der Waals surface area contributed by atoms with Crippen LogP contribution in [0, 0.1) is 23.3 Å². The number of sulfonamides is 1. The van der Waals surface area contributed by atoms with Crippen molar-refractivity contribution in [2.24, 2.45) is 0 Å². The maximum absolute atomic E-state index is 14.6. The van der Waals surface area contributed by atoms with Gasteiger partial charge in [-0.3, -0.25) is 14.4 Å². The molecule has 21 heteroatoms. The van der Waals surface area contributed by atoms with Gasteiger partial charge in [0.05, 0.1) is 30.5 Å². The number of hydrogen-bond acceptors (Lipinski definition) is 11. The zero-order chi connectivity index (χ0) is 59.0. The Balaban J connectivity index is 1.19. The minimum Gasteiger partial charge on any atom is -0.390 e. The fourth-order valence-corrected chi connectivity index (χ4v) is 12.2. The van der Waals surface area contributed by atoms with E-state index in [1.165, 1.54) is 0 Å². The Kier molecular flexibility index (Phi) is 21.0. The lowest BCUT2D eigenvalue weighted by molar-refractivity contribution is -0.128. The number of sulfone groups is 1. The predicted octanol–water partition coefficient (Wildman–Crippen LogP) is 7.25. The van der Waals surface area contributed by atoms with Gasteiger partial charge in [-0.05, 0) is 133 Å². The Morgan fingerprint density at radius 1 is 0.575 bits per heavy atom. The lowest BCUT2D eigenvalue weighted by Gasteiger charge is -2.43. The molecule has 0 spiro atoms. The molecule has 6 rings (SSSR count). The summed E-state index contributed by atoms with van der Waals surface area (Å²) in [5.74, 6) is -4.89. The molecular weight excluding hydrogens is 1080 g/mol. The van der Waals surface area contributed by atoms with Gasteiger partial charge < -0.3 is 36.8 Å². The van der Waals surface area contributed by atoms with E-state index in [-0.39, 0.29) is 53.9 Å². The van der Waals surface area contributed by atoms with Crippen molar-refractivity contribution in [3.8, 4) is 0 Å². The summed E-state index contributed by atoms with van der Waals surface area (Å²) >= 11 is 0. The van der Waals surface area contributed by atoms with Gasteiger partial charge in [-0.15, -0.1) is 0 Å². The third kappa shape index (κ3) is 18.4. The normalized spacial score (nSPS) is 21.7. The summed E-state index contributed by atoms with van der Waals surface area (Å²) in [6.07, 6.45) is 1.30. The van der Waals surface area contributed by atoms with Gasteiger partial charge in [0.15, 0.2) is 0 Å². The maximum Gasteiger partial charge on any atom is 0.336 e. The number of nitrogens with one attached hydrogen (secondary N) is 6. The number of aliphatic hydroxyl groups excluding tert-OH is 2. The highest BCUT2D eigenvalue weighted by Gasteiger charge is 2.41. The Bertz CT molecular complexity index is 3010. The van der Waals surface area contributed by atoms with Crippen molar-refractivity contribution in [1.29, 1.82) is 0 Å². The second-order valence-electron chi connectivity index (χ2n) is 24.2. The summed E-state index contributed by atoms with van der Waals surface area (Å²) in [5, 5.41) is 38.1. The Morgan fingerprint density at radius 2 is 0.938 bits per heavy atom. The second kappa shape index (κ2) is 26.3. The van der Waals surface area contributed by atoms with Crippen molar-refractivity contribution in [1.82, 2.24) is 31.3 Å². The van der Waals surface area contributed by atoms with Gasteiger partial charge in [0.1, 0.15) is 23.3 Å². The number of amides is 3. The van der Waals surface area contributed by atoms with Crippen LogP contribution in [0.25, 0.3) is 0 Å². The number of halogens is 4. The van der Waals surface area contributed by atoms with Gasteiger partial charge >= 0.3 is 5.24 Å². The first-order valence-corrected chi connectivity index (χ1v) is 31.0. The Morgan fingerprint density at radius 3 is 1.27 bits per heavy atom. The SMILES string of the molecule is CC(C)(C)c1cccc(C2(NCC(O)C(Cc3cc(F)cc(F)c3)NC(=O)CCC(=O)NC(Cc3cc(F)cc(F)c3)C(O)CNC3(c4cccc(C(C)(C)C)c4)CCC(NS(C)(=O)=O)CC3)CCC(NC(=O)S(C)(=O)=O)CC2)c1. The highest BCUT2D eigenvalue weighted by molar-refractivity contribution is 8.05. The van der Waals surface area contributed by atoms with Crippen LogP contribution < -0.4 is 31.3 Å². The first kappa shape index (κ1) is 63.9. The second-order valence-corrected chi connectivity index (χ2v) is 27.9. The number of benzene rings is 4. The van der Waals surface area contributed by atoms with E-state index in [9.17, 15) is 59.0 Å². The van der Waals surface area contributed by atoms with Crippen LogP contribution in [0.15, 0.2) is 84.9 Å². The Labute approximate surface area is 469 Å². The van der Waals surface area contributed by atoms with Crippen LogP contribution in [-0.2, 0) is 64.2 Å². The van der Waals surface area contributed by atoms with E-state index in [0.29, 0.717) is 63.5 Å². The molecule has 8 N–H and O–H groups in total. The number of hydrogen-bond donors (Lipinski definition) is 8. The summed E-state index contributed by atoms with van der Waals surface area (Å²) < 4.78 is 109. The van der Waals surface area contributed by atoms with E-state index in [2.05, 4.69) is 85.0 Å². The van der Waals surface area contributed by atoms with Crippen molar-refractivity contribution < 1.29 is 59.0 Å². The van der Waals surface area contributed by atoms with E-state index in [0.717, 1.165) is 59.0 Å². The van der Waals surface area contributed by atoms with E-state index in [1.807, 2.05) is 36.4 Å². The lowest BCUT2D eigenvalue weighted by atomic mass is 9.73. The van der Waals surface area contributed by atoms with E-state index >= 15 is 0 Å². The average molecular weight is 1160 g/mol. The fourth-order valence-electron chi connectivity index (χ4n) is 11.0. The molecule has 4 unspecified atom stereocenters. The summed E-state index contributed by atoms with van der Waals surface area (Å²) in [6.45, 7) is 12.2. The molecule has 440 valence electrons. The fraction of sp³-hybridized carbons (Fsp3) is 0.542. The number of aliphatic hydroxyl groups is 2. The molecule has 4 aromatic carbocycles. The van der Waals surface area contributed by atoms with Gasteiger partial charge in [0.2, 0.25) is 31.7 Å². The van der Waals surface area contributed by atoms with Gasteiger partial charge in [-0.2, -0.15) is 0 Å². The highest BCUT2D eigenvalue weighted by Crippen LogP contribution is 2.41. The van der Waals surface area contributed by atoms with Gasteiger partial charge in [0.25, 0.3) is 0 Å². The summed E-state index contributed by atoms with van der Waals surface area (Å²) in [4.78, 5) is 40.2. The third-order valence-corrected chi connectivity index (χ3v) is 17.1. The molecule has 0 aliphatic heterocycles. The van der Waals surface area contributed by atoms with Gasteiger partial charge in [-0.25, -0.2) is 39.1 Å². The standard InChI is InChI=1S/C59H80F4N6O9S2/c1-56(2,3)39-11-9-13-41(31-39)58(21-17-47(18-22-58)66-55(74)79(7,75)76)64-35-51(70)49(29-37-25-43(60)33-44(61)26-37)67-53(72)15-16-54(73)68-50(30-38-27-45(62)34-46(63)28-38)52(71)36-65-59(23-19-48(20-24-59)69-80(8,77)78)42-14-10-12-40(32-42)57(4,5)6/h9-14,25-28,31-34,47-52,64-65,69-71H,15-24,29-30,35-36H2,1-8H3,(H,66,74)(H,67,72)(H,68,73). The van der Waals surface area contributed by atoms with Crippen molar-refractivity contribution in [2.45, 2.75) is 177 Å². The van der Waals surface area contributed by atoms with E-state index in [1.54, 1.807) is 0 Å². The Hall–Kier alpha value is -5.29. The van der Waals surface area contributed by atoms with Gasteiger partial charge in [0, 0.05) is 67.5 Å². The number of carbonyl (C=O) groups is 3. The van der Waals surface area contributed by atoms with Crippen LogP contribution in [0.3, 0.4) is 0 Å². The monoisotopic (exact) mass is 1160 g/mol. The lowest BCUT2D eigenvalue weighted by Crippen LogP contribution is -2.55. The molecule has 0 aromatic heterocycles.